The van der Waals surface area contributed by atoms with Gasteiger partial charge in [-0.15, -0.1) is 0 Å². The molecule has 0 amide bonds. The Balaban J connectivity index is 2.43. The van der Waals surface area contributed by atoms with E-state index in [-0.39, 0.29) is 0 Å². The van der Waals surface area contributed by atoms with Crippen molar-refractivity contribution < 1.29 is 0 Å². The van der Waals surface area contributed by atoms with Crippen LogP contribution in [0.3, 0.4) is 0 Å². The van der Waals surface area contributed by atoms with Gasteiger partial charge in [0.1, 0.15) is 0 Å². The number of rotatable bonds is 9. The van der Waals surface area contributed by atoms with E-state index in [1.54, 1.807) is 0 Å². The van der Waals surface area contributed by atoms with E-state index in [1.165, 1.54) is 49.3 Å². The van der Waals surface area contributed by atoms with Crippen LogP contribution in [0, 0.1) is 0 Å². The Morgan fingerprint density at radius 1 is 0.297 bits per heavy atom. The Labute approximate surface area is 230 Å². The lowest BCUT2D eigenvalue weighted by atomic mass is 9.95. The van der Waals surface area contributed by atoms with Crippen LogP contribution in [0.5, 0.6) is 0 Å². The maximum atomic E-state index is 2.52. The van der Waals surface area contributed by atoms with Gasteiger partial charge in [0.15, 0.2) is 0 Å². The van der Waals surface area contributed by atoms with Gasteiger partial charge in [0.2, 0.25) is 0 Å². The second-order valence-electron chi connectivity index (χ2n) is 12.8. The van der Waals surface area contributed by atoms with Crippen LogP contribution < -0.4 is 15.9 Å². The van der Waals surface area contributed by atoms with E-state index in [9.17, 15) is 0 Å². The second kappa shape index (κ2) is 12.3. The highest BCUT2D eigenvalue weighted by Crippen LogP contribution is 2.39. The predicted molar refractivity (Wildman–Crippen MR) is 170 cm³/mol. The third kappa shape index (κ3) is 7.15. The Morgan fingerprint density at radius 2 is 0.459 bits per heavy atom. The standard InChI is InChI=1S/C36H51P/c1-22(2)28-13-29(23(3)4)17-34(16-28)37(35-18-30(24(5)6)14-31(19-35)25(7)8)36-20-32(26(9)10)15-33(21-36)27(11)12/h13-27H,1-12H3. The summed E-state index contributed by atoms with van der Waals surface area (Å²) in [5, 5.41) is 4.49. The molecule has 0 aromatic heterocycles. The Hall–Kier alpha value is -1.91. The summed E-state index contributed by atoms with van der Waals surface area (Å²) in [5.74, 6) is 3.06. The van der Waals surface area contributed by atoms with Gasteiger partial charge in [-0.25, -0.2) is 0 Å². The van der Waals surface area contributed by atoms with Crippen LogP contribution in [0.2, 0.25) is 0 Å². The molecule has 0 bridgehead atoms. The fraction of sp³-hybridized carbons (Fsp3) is 0.500. The Morgan fingerprint density at radius 3 is 0.595 bits per heavy atom. The molecular weight excluding hydrogens is 463 g/mol. The fourth-order valence-electron chi connectivity index (χ4n) is 4.81. The average molecular weight is 515 g/mol. The van der Waals surface area contributed by atoms with Crippen LogP contribution in [-0.2, 0) is 0 Å². The van der Waals surface area contributed by atoms with Gasteiger partial charge in [-0.05, 0) is 92.7 Å². The first-order valence-corrected chi connectivity index (χ1v) is 15.9. The first-order valence-electron chi connectivity index (χ1n) is 14.5. The molecule has 0 aliphatic heterocycles. The summed E-state index contributed by atoms with van der Waals surface area (Å²) in [7, 11) is -0.692. The molecule has 3 aromatic rings. The first kappa shape index (κ1) is 29.6. The molecule has 0 saturated carbocycles. The van der Waals surface area contributed by atoms with Crippen LogP contribution in [0.25, 0.3) is 0 Å². The third-order valence-corrected chi connectivity index (χ3v) is 9.99. The number of hydrogen-bond donors (Lipinski definition) is 0. The van der Waals surface area contributed by atoms with E-state index in [0.29, 0.717) is 35.5 Å². The highest BCUT2D eigenvalue weighted by molar-refractivity contribution is 7.79. The zero-order valence-corrected chi connectivity index (χ0v) is 26.5. The quantitative estimate of drug-likeness (QED) is 0.249. The van der Waals surface area contributed by atoms with Crippen LogP contribution in [0.15, 0.2) is 54.6 Å². The molecule has 0 fully saturated rings. The summed E-state index contributed by atoms with van der Waals surface area (Å²) in [5.41, 5.74) is 8.76. The van der Waals surface area contributed by atoms with E-state index in [0.717, 1.165) is 0 Å². The van der Waals surface area contributed by atoms with E-state index >= 15 is 0 Å². The molecule has 0 heterocycles. The van der Waals surface area contributed by atoms with E-state index < -0.39 is 7.92 Å². The lowest BCUT2D eigenvalue weighted by Crippen LogP contribution is -2.24. The summed E-state index contributed by atoms with van der Waals surface area (Å²) < 4.78 is 0. The van der Waals surface area contributed by atoms with Gasteiger partial charge < -0.3 is 0 Å². The predicted octanol–water partition coefficient (Wildman–Crippen LogP) is 10.2. The van der Waals surface area contributed by atoms with Crippen molar-refractivity contribution in [2.24, 2.45) is 0 Å². The summed E-state index contributed by atoms with van der Waals surface area (Å²) >= 11 is 0. The van der Waals surface area contributed by atoms with Crippen LogP contribution in [0.4, 0.5) is 0 Å². The van der Waals surface area contributed by atoms with Gasteiger partial charge in [0, 0.05) is 0 Å². The van der Waals surface area contributed by atoms with E-state index in [2.05, 4.69) is 138 Å². The normalized spacial score (nSPS) is 12.4. The molecule has 37 heavy (non-hydrogen) atoms. The summed E-state index contributed by atoms with van der Waals surface area (Å²) in [4.78, 5) is 0. The van der Waals surface area contributed by atoms with Crippen LogP contribution in [0.1, 0.15) is 152 Å². The molecular formula is C36H51P. The largest absolute Gasteiger partial charge is 0.0587 e. The molecule has 0 radical (unpaired) electrons. The van der Waals surface area contributed by atoms with Crippen molar-refractivity contribution in [1.82, 2.24) is 0 Å². The minimum Gasteiger partial charge on any atom is -0.0587 e. The van der Waals surface area contributed by atoms with Crippen LogP contribution >= 0.6 is 7.92 Å². The lowest BCUT2D eigenvalue weighted by molar-refractivity contribution is 0.835. The first-order chi connectivity index (χ1) is 17.3. The van der Waals surface area contributed by atoms with Gasteiger partial charge in [-0.1, -0.05) is 138 Å². The van der Waals surface area contributed by atoms with Crippen LogP contribution in [-0.4, -0.2) is 0 Å². The lowest BCUT2D eigenvalue weighted by Gasteiger charge is -2.26. The highest BCUT2D eigenvalue weighted by atomic mass is 31.1. The SMILES string of the molecule is CC(C)c1cc(C(C)C)cc(P(c2cc(C(C)C)cc(C(C)C)c2)c2cc(C(C)C)cc(C(C)C)c2)c1. The van der Waals surface area contributed by atoms with Crippen molar-refractivity contribution in [3.05, 3.63) is 88.0 Å². The van der Waals surface area contributed by atoms with E-state index in [1.807, 2.05) is 0 Å². The molecule has 0 N–H and O–H groups in total. The molecule has 0 nitrogen and oxygen atoms in total. The van der Waals surface area contributed by atoms with Crippen molar-refractivity contribution in [1.29, 1.82) is 0 Å². The molecule has 0 unspecified atom stereocenters. The molecule has 0 aliphatic rings. The van der Waals surface area contributed by atoms with Gasteiger partial charge in [-0.3, -0.25) is 0 Å². The maximum Gasteiger partial charge on any atom is -0.0134 e. The van der Waals surface area contributed by atoms with Gasteiger partial charge in [-0.2, -0.15) is 0 Å². The molecule has 0 spiro atoms. The fourth-order valence-corrected chi connectivity index (χ4v) is 7.37. The summed E-state index contributed by atoms with van der Waals surface area (Å²) in [6.07, 6.45) is 0. The van der Waals surface area contributed by atoms with Crippen molar-refractivity contribution in [3.8, 4) is 0 Å². The molecule has 3 aromatic carbocycles. The average Bonchev–Trinajstić information content (AvgIpc) is 2.83. The van der Waals surface area contributed by atoms with Crippen molar-refractivity contribution in [2.45, 2.75) is 119 Å². The molecule has 200 valence electrons. The van der Waals surface area contributed by atoms with E-state index in [4.69, 9.17) is 0 Å². The monoisotopic (exact) mass is 514 g/mol. The molecule has 0 saturated heterocycles. The zero-order valence-electron chi connectivity index (χ0n) is 25.6. The number of benzene rings is 3. The third-order valence-electron chi connectivity index (χ3n) is 7.66. The summed E-state index contributed by atoms with van der Waals surface area (Å²) in [6.45, 7) is 28.0. The maximum absolute atomic E-state index is 2.52. The highest BCUT2D eigenvalue weighted by Gasteiger charge is 2.23. The Kier molecular flexibility index (Phi) is 9.85. The minimum absolute atomic E-state index is 0.510. The molecule has 1 heteroatoms. The topological polar surface area (TPSA) is 0 Å². The van der Waals surface area contributed by atoms with Crippen molar-refractivity contribution in [2.75, 3.05) is 0 Å². The van der Waals surface area contributed by atoms with Gasteiger partial charge >= 0.3 is 0 Å². The van der Waals surface area contributed by atoms with Gasteiger partial charge in [0.25, 0.3) is 0 Å². The summed E-state index contributed by atoms with van der Waals surface area (Å²) in [6, 6.07) is 22.5. The molecule has 0 atom stereocenters. The van der Waals surface area contributed by atoms with Crippen molar-refractivity contribution >= 4 is 23.8 Å². The second-order valence-corrected chi connectivity index (χ2v) is 15.1. The minimum atomic E-state index is -0.692. The van der Waals surface area contributed by atoms with Gasteiger partial charge in [0.05, 0.1) is 0 Å². The number of hydrogen-bond acceptors (Lipinski definition) is 0. The molecule has 0 aliphatic carbocycles. The van der Waals surface area contributed by atoms with Crippen molar-refractivity contribution in [3.63, 3.8) is 0 Å². The smallest absolute Gasteiger partial charge is 0.0134 e. The molecule has 3 rings (SSSR count). The zero-order chi connectivity index (χ0) is 27.6. The Bertz CT molecular complexity index is 964.